The molecule has 0 radical (unpaired) electrons. The van der Waals surface area contributed by atoms with Crippen molar-refractivity contribution in [2.75, 3.05) is 12.9 Å². The average Bonchev–Trinajstić information content (AvgIpc) is 3.52. The van der Waals surface area contributed by atoms with E-state index in [4.69, 9.17) is 19.1 Å². The van der Waals surface area contributed by atoms with E-state index in [9.17, 15) is 0 Å². The number of nitrogens with zero attached hydrogens (tertiary/aromatic N) is 2. The molecule has 5 aromatic rings. The lowest BCUT2D eigenvalue weighted by atomic mass is 9.99. The van der Waals surface area contributed by atoms with Gasteiger partial charge in [0.25, 0.3) is 6.47 Å². The number of carbonyl (C=O) groups is 1. The van der Waals surface area contributed by atoms with Crippen molar-refractivity contribution in [1.82, 2.24) is 15.2 Å². The zero-order chi connectivity index (χ0) is 23.9. The standard InChI is InChI=1S/C25H21N3O2S.CH2O2/c1-3-31-25-26-24(27-28-25)22-15-21(16-7-5-4-6-8-16)23(30-22)19-10-9-18-14-20(29-2)12-11-17(18)13-19;2-1-3/h4-15H,3H2,1-2H3,(H,26,27,28);1H,(H,2,3). The summed E-state index contributed by atoms with van der Waals surface area (Å²) in [6.45, 7) is 1.83. The van der Waals surface area contributed by atoms with E-state index in [1.165, 1.54) is 0 Å². The van der Waals surface area contributed by atoms with E-state index >= 15 is 0 Å². The number of nitrogens with one attached hydrogen (secondary N) is 1. The first-order valence-corrected chi connectivity index (χ1v) is 11.6. The second-order valence-electron chi connectivity index (χ2n) is 7.15. The SMILES string of the molecule is CCSc1n[nH]c(-c2cc(-c3ccccc3)c(-c3ccc4cc(OC)ccc4c3)o2)n1.O=CO. The first kappa shape index (κ1) is 23.1. The minimum Gasteiger partial charge on any atom is -0.497 e. The van der Waals surface area contributed by atoms with Gasteiger partial charge in [0.1, 0.15) is 11.5 Å². The molecule has 2 aromatic heterocycles. The largest absolute Gasteiger partial charge is 0.497 e. The number of carboxylic acid groups (broad SMARTS) is 1. The Morgan fingerprint density at radius 2 is 1.76 bits per heavy atom. The molecule has 2 N–H and O–H groups in total. The van der Waals surface area contributed by atoms with Gasteiger partial charge in [-0.2, -0.15) is 4.98 Å². The highest BCUT2D eigenvalue weighted by molar-refractivity contribution is 7.99. The molecule has 5 rings (SSSR count). The highest BCUT2D eigenvalue weighted by atomic mass is 32.2. The summed E-state index contributed by atoms with van der Waals surface area (Å²) < 4.78 is 11.7. The van der Waals surface area contributed by atoms with Crippen LogP contribution in [-0.4, -0.2) is 39.6 Å². The Bertz CT molecular complexity index is 1400. The van der Waals surface area contributed by atoms with Crippen LogP contribution < -0.4 is 4.74 Å². The summed E-state index contributed by atoms with van der Waals surface area (Å²) in [5, 5.41) is 17.1. The number of benzene rings is 3. The molecule has 0 saturated carbocycles. The van der Waals surface area contributed by atoms with E-state index in [1.54, 1.807) is 18.9 Å². The van der Waals surface area contributed by atoms with Crippen LogP contribution in [-0.2, 0) is 4.79 Å². The van der Waals surface area contributed by atoms with Gasteiger partial charge in [-0.25, -0.2) is 0 Å². The van der Waals surface area contributed by atoms with Crippen molar-refractivity contribution < 1.29 is 19.1 Å². The minimum absolute atomic E-state index is 0.250. The average molecular weight is 474 g/mol. The molecule has 0 saturated heterocycles. The molecule has 0 atom stereocenters. The second kappa shape index (κ2) is 10.7. The summed E-state index contributed by atoms with van der Waals surface area (Å²) >= 11 is 1.59. The van der Waals surface area contributed by atoms with Crippen molar-refractivity contribution in [2.24, 2.45) is 0 Å². The molecule has 0 spiro atoms. The van der Waals surface area contributed by atoms with Crippen molar-refractivity contribution >= 4 is 29.0 Å². The molecule has 0 aliphatic carbocycles. The summed E-state index contributed by atoms with van der Waals surface area (Å²) in [7, 11) is 1.68. The van der Waals surface area contributed by atoms with Crippen molar-refractivity contribution in [3.05, 3.63) is 72.8 Å². The van der Waals surface area contributed by atoms with Gasteiger partial charge in [0, 0.05) is 11.1 Å². The van der Waals surface area contributed by atoms with Gasteiger partial charge in [-0.15, -0.1) is 5.10 Å². The van der Waals surface area contributed by atoms with E-state index in [0.717, 1.165) is 49.9 Å². The number of methoxy groups -OCH3 is 1. The molecule has 0 aliphatic heterocycles. The normalized spacial score (nSPS) is 10.5. The van der Waals surface area contributed by atoms with Crippen LogP contribution in [0.4, 0.5) is 0 Å². The maximum atomic E-state index is 8.36. The minimum atomic E-state index is -0.250. The van der Waals surface area contributed by atoms with Crippen molar-refractivity contribution in [2.45, 2.75) is 12.1 Å². The van der Waals surface area contributed by atoms with Crippen LogP contribution in [0.2, 0.25) is 0 Å². The van der Waals surface area contributed by atoms with Crippen LogP contribution in [0, 0.1) is 0 Å². The third-order valence-corrected chi connectivity index (χ3v) is 5.83. The molecule has 0 fully saturated rings. The molecule has 7 nitrogen and oxygen atoms in total. The predicted molar refractivity (Wildman–Crippen MR) is 134 cm³/mol. The number of aromatic amines is 1. The fourth-order valence-corrected chi connectivity index (χ4v) is 4.12. The van der Waals surface area contributed by atoms with Gasteiger partial charge in [-0.05, 0) is 46.4 Å². The quantitative estimate of drug-likeness (QED) is 0.218. The van der Waals surface area contributed by atoms with Crippen LogP contribution in [0.15, 0.2) is 82.4 Å². The fraction of sp³-hybridized carbons (Fsp3) is 0.115. The van der Waals surface area contributed by atoms with Gasteiger partial charge in [-0.3, -0.25) is 9.89 Å². The Labute approximate surface area is 200 Å². The number of furan rings is 1. The van der Waals surface area contributed by atoms with Gasteiger partial charge in [0.2, 0.25) is 5.16 Å². The lowest BCUT2D eigenvalue weighted by molar-refractivity contribution is -0.122. The summed E-state index contributed by atoms with van der Waals surface area (Å²) in [4.78, 5) is 12.9. The topological polar surface area (TPSA) is 101 Å². The Hall–Kier alpha value is -4.04. The molecule has 0 amide bonds. The fourth-order valence-electron chi connectivity index (χ4n) is 3.60. The van der Waals surface area contributed by atoms with Gasteiger partial charge >= 0.3 is 0 Å². The Morgan fingerprint density at radius 1 is 1.03 bits per heavy atom. The van der Waals surface area contributed by atoms with Crippen LogP contribution >= 0.6 is 11.8 Å². The van der Waals surface area contributed by atoms with Crippen LogP contribution in [0.25, 0.3) is 44.8 Å². The number of hydrogen-bond donors (Lipinski definition) is 2. The zero-order valence-electron chi connectivity index (χ0n) is 18.7. The highest BCUT2D eigenvalue weighted by Crippen LogP contribution is 2.39. The van der Waals surface area contributed by atoms with Crippen molar-refractivity contribution in [3.8, 4) is 39.8 Å². The number of rotatable bonds is 6. The number of H-pyrrole nitrogens is 1. The molecule has 2 heterocycles. The predicted octanol–water partition coefficient (Wildman–Crippen LogP) is 6.37. The number of aromatic nitrogens is 3. The van der Waals surface area contributed by atoms with E-state index < -0.39 is 0 Å². The summed E-state index contributed by atoms with van der Waals surface area (Å²) in [5.41, 5.74) is 3.11. The number of ether oxygens (including phenoxy) is 1. The molecule has 8 heteroatoms. The van der Waals surface area contributed by atoms with E-state index in [0.29, 0.717) is 11.6 Å². The molecular weight excluding hydrogens is 450 g/mol. The van der Waals surface area contributed by atoms with Gasteiger partial charge in [0.15, 0.2) is 11.6 Å². The molecule has 172 valence electrons. The Balaban J connectivity index is 0.000000868. The smallest absolute Gasteiger partial charge is 0.290 e. The van der Waals surface area contributed by atoms with E-state index in [-0.39, 0.29) is 6.47 Å². The molecular formula is C26H23N3O4S. The molecule has 0 aliphatic rings. The summed E-state index contributed by atoms with van der Waals surface area (Å²) in [6, 6.07) is 24.7. The van der Waals surface area contributed by atoms with Crippen LogP contribution in [0.3, 0.4) is 0 Å². The van der Waals surface area contributed by atoms with Crippen LogP contribution in [0.5, 0.6) is 5.75 Å². The monoisotopic (exact) mass is 473 g/mol. The maximum absolute atomic E-state index is 8.36. The summed E-state index contributed by atoms with van der Waals surface area (Å²) in [5.74, 6) is 3.86. The first-order valence-electron chi connectivity index (χ1n) is 10.6. The van der Waals surface area contributed by atoms with E-state index in [2.05, 4.69) is 58.5 Å². The zero-order valence-corrected chi connectivity index (χ0v) is 19.5. The number of hydrogen-bond acceptors (Lipinski definition) is 6. The summed E-state index contributed by atoms with van der Waals surface area (Å²) in [6.07, 6.45) is 0. The van der Waals surface area contributed by atoms with Crippen molar-refractivity contribution in [3.63, 3.8) is 0 Å². The third-order valence-electron chi connectivity index (χ3n) is 5.10. The molecule has 0 unspecified atom stereocenters. The first-order chi connectivity index (χ1) is 16.7. The third kappa shape index (κ3) is 4.97. The van der Waals surface area contributed by atoms with Gasteiger partial charge < -0.3 is 14.3 Å². The maximum Gasteiger partial charge on any atom is 0.290 e. The lowest BCUT2D eigenvalue weighted by Crippen LogP contribution is -1.84. The highest BCUT2D eigenvalue weighted by Gasteiger charge is 2.18. The Morgan fingerprint density at radius 3 is 2.50 bits per heavy atom. The number of fused-ring (bicyclic) bond motifs is 1. The lowest BCUT2D eigenvalue weighted by Gasteiger charge is -2.06. The Kier molecular flexibility index (Phi) is 7.29. The molecule has 0 bridgehead atoms. The van der Waals surface area contributed by atoms with Gasteiger partial charge in [-0.1, -0.05) is 67.2 Å². The van der Waals surface area contributed by atoms with Crippen molar-refractivity contribution in [1.29, 1.82) is 0 Å². The molecule has 34 heavy (non-hydrogen) atoms. The molecule has 3 aromatic carbocycles. The van der Waals surface area contributed by atoms with Gasteiger partial charge in [0.05, 0.1) is 7.11 Å². The number of thioether (sulfide) groups is 1. The second-order valence-corrected chi connectivity index (χ2v) is 8.38. The van der Waals surface area contributed by atoms with Crippen LogP contribution in [0.1, 0.15) is 6.92 Å². The van der Waals surface area contributed by atoms with E-state index in [1.807, 2.05) is 36.4 Å².